The number of Topliss-reactive ketones (excluding diaryl/α,β-unsaturated/α-hetero) is 2. The number of hydrogen-bond acceptors (Lipinski definition) is 7. The molecule has 8 aliphatic rings. The van der Waals surface area contributed by atoms with Gasteiger partial charge in [0.25, 0.3) is 0 Å². The summed E-state index contributed by atoms with van der Waals surface area (Å²) >= 11 is 0. The molecule has 7 nitrogen and oxygen atoms in total. The van der Waals surface area contributed by atoms with Gasteiger partial charge in [0.2, 0.25) is 0 Å². The van der Waals surface area contributed by atoms with Crippen molar-refractivity contribution in [3.63, 3.8) is 0 Å². The minimum atomic E-state index is -2.44. The van der Waals surface area contributed by atoms with Crippen molar-refractivity contribution in [1.29, 1.82) is 0 Å². The van der Waals surface area contributed by atoms with Crippen LogP contribution in [0.25, 0.3) is 0 Å². The van der Waals surface area contributed by atoms with Crippen LogP contribution in [0, 0.1) is 106 Å². The van der Waals surface area contributed by atoms with E-state index >= 15 is 0 Å². The molecule has 0 bridgehead atoms. The Balaban J connectivity index is 0.909. The Kier molecular flexibility index (Phi) is 12.5. The summed E-state index contributed by atoms with van der Waals surface area (Å²) in [6.07, 6.45) is 28.1. The Morgan fingerprint density at radius 3 is 1.22 bits per heavy atom. The number of terminal acetylenes is 2. The molecule has 0 aromatic rings. The van der Waals surface area contributed by atoms with Crippen molar-refractivity contribution in [2.24, 2.45) is 80.8 Å². The molecule has 67 heavy (non-hydrogen) atoms. The van der Waals surface area contributed by atoms with Crippen LogP contribution in [0.2, 0.25) is 36.3 Å². The average molecular weight is 960 g/mol. The van der Waals surface area contributed by atoms with Crippen LogP contribution in [0.1, 0.15) is 185 Å². The summed E-state index contributed by atoms with van der Waals surface area (Å²) in [6, 6.07) is 0. The molecule has 8 rings (SSSR count). The maximum atomic E-state index is 13.1. The monoisotopic (exact) mass is 959 g/mol. The zero-order valence-corrected chi connectivity index (χ0v) is 46.7. The van der Waals surface area contributed by atoms with Gasteiger partial charge in [0.05, 0.1) is 23.0 Å². The molecule has 9 heteroatoms. The molecule has 0 aromatic heterocycles. The standard InChI is InChI=1S/C58H94O7Si2/c1-17-39-31-47-43-21-19-41-33-55(61,29-27-51(41,9)45(43)23-25-53(47,11)57(39,63)37(3)59)35-49(5,6)66(13,14)65-67(15,16)50(7,8)36-56(62)30-28-52(10)42(34-56)20-22-44-46(52)24-26-54(12)48(44)32-40(18-2)58(54,64)38(4)60/h1-2,39-48,61-64H,19-36H2,3-16H3/t39-,40+,41+,42?,43?,44?,45?,46?,47?,48?,51+,52+,53+,54+,55+,56-,57+,58-/m1/s1. The number of carbonyl (C=O) groups is 2. The molecule has 4 N–H and O–H groups in total. The molecule has 7 unspecified atom stereocenters. The van der Waals surface area contributed by atoms with Crippen molar-refractivity contribution >= 4 is 28.2 Å². The van der Waals surface area contributed by atoms with Gasteiger partial charge in [-0.3, -0.25) is 9.59 Å². The van der Waals surface area contributed by atoms with E-state index in [2.05, 4.69) is 93.4 Å². The lowest BCUT2D eigenvalue weighted by Gasteiger charge is -2.63. The molecule has 8 saturated carbocycles. The van der Waals surface area contributed by atoms with Gasteiger partial charge in [0, 0.05) is 10.8 Å². The third kappa shape index (κ3) is 7.30. The first kappa shape index (κ1) is 52.0. The van der Waals surface area contributed by atoms with Gasteiger partial charge >= 0.3 is 0 Å². The van der Waals surface area contributed by atoms with Crippen LogP contribution in [0.15, 0.2) is 0 Å². The highest BCUT2D eigenvalue weighted by Crippen LogP contribution is 2.72. The fourth-order valence-corrected chi connectivity index (χ4v) is 28.5. The summed E-state index contributed by atoms with van der Waals surface area (Å²) in [5.74, 6) is 7.75. The zero-order chi connectivity index (χ0) is 49.8. The van der Waals surface area contributed by atoms with Crippen LogP contribution in [0.4, 0.5) is 0 Å². The van der Waals surface area contributed by atoms with E-state index in [0.717, 1.165) is 116 Å². The van der Waals surface area contributed by atoms with Crippen LogP contribution in [-0.4, -0.2) is 71.0 Å². The van der Waals surface area contributed by atoms with Gasteiger partial charge in [-0.25, -0.2) is 0 Å². The molecule has 0 radical (unpaired) electrons. The van der Waals surface area contributed by atoms with Crippen molar-refractivity contribution in [1.82, 2.24) is 0 Å². The van der Waals surface area contributed by atoms with E-state index in [4.69, 9.17) is 17.0 Å². The molecule has 18 atom stereocenters. The first-order valence-electron chi connectivity index (χ1n) is 27.1. The lowest BCUT2D eigenvalue weighted by atomic mass is 9.43. The summed E-state index contributed by atoms with van der Waals surface area (Å²) in [7, 11) is -4.89. The first-order valence-corrected chi connectivity index (χ1v) is 33.0. The molecule has 0 aliphatic heterocycles. The quantitative estimate of drug-likeness (QED) is 0.127. The van der Waals surface area contributed by atoms with E-state index in [1.165, 1.54) is 13.8 Å². The molecule has 8 aliphatic carbocycles. The molecular weight excluding hydrogens is 865 g/mol. The van der Waals surface area contributed by atoms with Crippen molar-refractivity contribution in [2.75, 3.05) is 0 Å². The Labute approximate surface area is 409 Å². The van der Waals surface area contributed by atoms with E-state index in [0.29, 0.717) is 35.5 Å². The van der Waals surface area contributed by atoms with Crippen LogP contribution in [0.5, 0.6) is 0 Å². The van der Waals surface area contributed by atoms with Gasteiger partial charge in [0.15, 0.2) is 28.2 Å². The van der Waals surface area contributed by atoms with Gasteiger partial charge in [-0.2, -0.15) is 0 Å². The summed E-state index contributed by atoms with van der Waals surface area (Å²) < 4.78 is 7.66. The van der Waals surface area contributed by atoms with Crippen molar-refractivity contribution < 1.29 is 34.1 Å². The fourth-order valence-electron chi connectivity index (χ4n) is 19.7. The van der Waals surface area contributed by atoms with Crippen molar-refractivity contribution in [3.05, 3.63) is 0 Å². The summed E-state index contributed by atoms with van der Waals surface area (Å²) in [6.45, 7) is 31.3. The number of aliphatic hydroxyl groups is 4. The minimum Gasteiger partial charge on any atom is -0.455 e. The van der Waals surface area contributed by atoms with Crippen molar-refractivity contribution in [3.8, 4) is 24.7 Å². The second-order valence-corrected chi connectivity index (χ2v) is 38.4. The van der Waals surface area contributed by atoms with E-state index in [-0.39, 0.29) is 44.3 Å². The highest BCUT2D eigenvalue weighted by Gasteiger charge is 2.72. The molecule has 0 heterocycles. The highest BCUT2D eigenvalue weighted by atomic mass is 28.4. The van der Waals surface area contributed by atoms with Gasteiger partial charge in [-0.05, 0) is 224 Å². The van der Waals surface area contributed by atoms with Crippen LogP contribution in [0.3, 0.4) is 0 Å². The Morgan fingerprint density at radius 1 is 0.567 bits per heavy atom. The van der Waals surface area contributed by atoms with Crippen molar-refractivity contribution in [2.45, 2.75) is 243 Å². The summed E-state index contributed by atoms with van der Waals surface area (Å²) in [5.41, 5.74) is -5.17. The molecule has 8 fully saturated rings. The average Bonchev–Trinajstić information content (AvgIpc) is 3.61. The topological polar surface area (TPSA) is 124 Å². The predicted octanol–water partition coefficient (Wildman–Crippen LogP) is 11.7. The molecule has 0 saturated heterocycles. The highest BCUT2D eigenvalue weighted by molar-refractivity contribution is 6.87. The zero-order valence-electron chi connectivity index (χ0n) is 44.7. The Bertz CT molecular complexity index is 1940. The summed E-state index contributed by atoms with van der Waals surface area (Å²) in [5, 5.41) is 49.1. The van der Waals surface area contributed by atoms with Gasteiger partial charge in [0.1, 0.15) is 11.2 Å². The Morgan fingerprint density at radius 2 is 0.910 bits per heavy atom. The molecule has 376 valence electrons. The van der Waals surface area contributed by atoms with E-state index < -0.39 is 61.7 Å². The second kappa shape index (κ2) is 16.1. The van der Waals surface area contributed by atoms with E-state index in [1.54, 1.807) is 0 Å². The van der Waals surface area contributed by atoms with Crippen LogP contribution < -0.4 is 0 Å². The second-order valence-electron chi connectivity index (χ2n) is 28.9. The fraction of sp³-hybridized carbons (Fsp3) is 0.897. The smallest absolute Gasteiger partial charge is 0.179 e. The number of carbonyl (C=O) groups excluding carboxylic acids is 2. The van der Waals surface area contributed by atoms with Gasteiger partial charge in [-0.15, -0.1) is 12.8 Å². The van der Waals surface area contributed by atoms with E-state index in [9.17, 15) is 30.0 Å². The largest absolute Gasteiger partial charge is 0.455 e. The van der Waals surface area contributed by atoms with E-state index in [1.807, 2.05) is 0 Å². The maximum absolute atomic E-state index is 13.1. The van der Waals surface area contributed by atoms with Crippen LogP contribution >= 0.6 is 0 Å². The van der Waals surface area contributed by atoms with Gasteiger partial charge < -0.3 is 24.5 Å². The minimum absolute atomic E-state index is 0.116. The maximum Gasteiger partial charge on any atom is 0.179 e. The number of ketones is 2. The normalized spacial score (nSPS) is 49.7. The Hall–Kier alpha value is -1.31. The molecule has 0 aromatic carbocycles. The van der Waals surface area contributed by atoms with Gasteiger partial charge in [-0.1, -0.05) is 67.2 Å². The predicted molar refractivity (Wildman–Crippen MR) is 273 cm³/mol. The third-order valence-corrected chi connectivity index (χ3v) is 35.9. The SMILES string of the molecule is C#C[C@@H]1CC2C3CC[C@H]4C[C@](O)(CC(C)(C)[Si](C)(C)O[Si](C)(C)C(C)(C)C[C@@]5(O)CC[C@@]6(C)C(CCC7C6CC[C@@]6(C)C7C[C@H](C#C)[C@]6(O)C(C)=O)C5)CC[C@]4(C)C3CC[C@]2(C)[C@]1(O)C(C)=O. The first-order chi connectivity index (χ1) is 30.6. The lowest BCUT2D eigenvalue weighted by Crippen LogP contribution is -2.61. The molecular formula is C58H94O7Si2. The number of rotatable bonds is 10. The number of hydrogen-bond donors (Lipinski definition) is 4. The molecule has 0 spiro atoms. The molecule has 0 amide bonds. The van der Waals surface area contributed by atoms with Crippen LogP contribution in [-0.2, 0) is 13.7 Å². The third-order valence-electron chi connectivity index (χ3n) is 24.9. The summed E-state index contributed by atoms with van der Waals surface area (Å²) in [4.78, 5) is 26.2. The lowest BCUT2D eigenvalue weighted by molar-refractivity contribution is -0.180. The number of fused-ring (bicyclic) bond motifs is 10.